The molecule has 126 valence electrons. The number of rotatable bonds is 6. The first-order valence-electron chi connectivity index (χ1n) is 8.48. The van der Waals surface area contributed by atoms with Gasteiger partial charge in [-0.1, -0.05) is 6.07 Å². The molecule has 2 aliphatic rings. The van der Waals surface area contributed by atoms with E-state index in [4.69, 9.17) is 9.47 Å². The van der Waals surface area contributed by atoms with Gasteiger partial charge in [0.1, 0.15) is 5.82 Å². The van der Waals surface area contributed by atoms with Crippen LogP contribution < -0.4 is 10.2 Å². The molecule has 1 amide bonds. The largest absolute Gasteiger partial charge is 0.378 e. The van der Waals surface area contributed by atoms with E-state index < -0.39 is 0 Å². The smallest absolute Gasteiger partial charge is 0.220 e. The average Bonchev–Trinajstić information content (AvgIpc) is 3.13. The Morgan fingerprint density at radius 3 is 3.00 bits per heavy atom. The van der Waals surface area contributed by atoms with E-state index in [0.29, 0.717) is 13.0 Å². The zero-order valence-corrected chi connectivity index (χ0v) is 13.5. The maximum Gasteiger partial charge on any atom is 0.220 e. The molecule has 6 heteroatoms. The predicted molar refractivity (Wildman–Crippen MR) is 87.3 cm³/mol. The van der Waals surface area contributed by atoms with Crippen LogP contribution in [0.4, 0.5) is 5.82 Å². The Bertz CT molecular complexity index is 512. The van der Waals surface area contributed by atoms with Crippen LogP contribution in [0.2, 0.25) is 0 Å². The number of anilines is 1. The Morgan fingerprint density at radius 2 is 2.22 bits per heavy atom. The third-order valence-corrected chi connectivity index (χ3v) is 4.37. The molecule has 0 aliphatic carbocycles. The molecule has 1 N–H and O–H groups in total. The van der Waals surface area contributed by atoms with Crippen molar-refractivity contribution >= 4 is 11.7 Å². The molecule has 3 heterocycles. The summed E-state index contributed by atoms with van der Waals surface area (Å²) in [5.41, 5.74) is 1.06. The van der Waals surface area contributed by atoms with Gasteiger partial charge in [-0.05, 0) is 25.3 Å². The molecule has 0 spiro atoms. The third-order valence-electron chi connectivity index (χ3n) is 4.37. The predicted octanol–water partition coefficient (Wildman–Crippen LogP) is 1.49. The summed E-state index contributed by atoms with van der Waals surface area (Å²) in [7, 11) is 0. The highest BCUT2D eigenvalue weighted by Gasteiger charge is 2.18. The van der Waals surface area contributed by atoms with Crippen molar-refractivity contribution in [1.29, 1.82) is 0 Å². The Morgan fingerprint density at radius 1 is 1.35 bits per heavy atom. The second-order valence-electron chi connectivity index (χ2n) is 6.04. The van der Waals surface area contributed by atoms with Gasteiger partial charge in [-0.2, -0.15) is 0 Å². The maximum atomic E-state index is 12.0. The van der Waals surface area contributed by atoms with Crippen molar-refractivity contribution in [2.45, 2.75) is 38.3 Å². The molecule has 0 aromatic carbocycles. The van der Waals surface area contributed by atoms with Gasteiger partial charge in [-0.25, -0.2) is 4.98 Å². The number of morpholine rings is 1. The highest BCUT2D eigenvalue weighted by atomic mass is 16.5. The van der Waals surface area contributed by atoms with Gasteiger partial charge in [0.25, 0.3) is 0 Å². The van der Waals surface area contributed by atoms with E-state index in [9.17, 15) is 4.79 Å². The molecule has 2 fully saturated rings. The van der Waals surface area contributed by atoms with Crippen molar-refractivity contribution in [3.05, 3.63) is 23.9 Å². The van der Waals surface area contributed by atoms with Crippen molar-refractivity contribution in [3.8, 4) is 0 Å². The third kappa shape index (κ3) is 4.65. The fourth-order valence-electron chi connectivity index (χ4n) is 3.07. The fourth-order valence-corrected chi connectivity index (χ4v) is 3.07. The van der Waals surface area contributed by atoms with Crippen LogP contribution >= 0.6 is 0 Å². The molecule has 0 bridgehead atoms. The second kappa shape index (κ2) is 8.26. The lowest BCUT2D eigenvalue weighted by Crippen LogP contribution is -2.37. The number of nitrogens with zero attached hydrogens (tertiary/aromatic N) is 2. The number of nitrogens with one attached hydrogen (secondary N) is 1. The molecule has 1 aromatic rings. The van der Waals surface area contributed by atoms with Gasteiger partial charge in [0.15, 0.2) is 0 Å². The second-order valence-corrected chi connectivity index (χ2v) is 6.04. The normalized spacial score (nSPS) is 21.4. The maximum absolute atomic E-state index is 12.0. The van der Waals surface area contributed by atoms with Gasteiger partial charge in [0.2, 0.25) is 5.91 Å². The Balaban J connectivity index is 1.50. The summed E-state index contributed by atoms with van der Waals surface area (Å²) in [4.78, 5) is 18.7. The molecule has 3 rings (SSSR count). The molecule has 2 aliphatic heterocycles. The minimum Gasteiger partial charge on any atom is -0.378 e. The fraction of sp³-hybridized carbons (Fsp3) is 0.647. The van der Waals surface area contributed by atoms with Crippen LogP contribution in [0.25, 0.3) is 0 Å². The monoisotopic (exact) mass is 319 g/mol. The highest BCUT2D eigenvalue weighted by molar-refractivity contribution is 5.76. The summed E-state index contributed by atoms with van der Waals surface area (Å²) in [5, 5.41) is 3.01. The number of pyridine rings is 1. The van der Waals surface area contributed by atoms with Gasteiger partial charge in [-0.15, -0.1) is 0 Å². The topological polar surface area (TPSA) is 63.7 Å². The van der Waals surface area contributed by atoms with Crippen LogP contribution in [0.3, 0.4) is 0 Å². The van der Waals surface area contributed by atoms with E-state index in [-0.39, 0.29) is 12.0 Å². The number of carbonyl (C=O) groups is 1. The molecular weight excluding hydrogens is 294 g/mol. The highest BCUT2D eigenvalue weighted by Crippen LogP contribution is 2.19. The van der Waals surface area contributed by atoms with Gasteiger partial charge < -0.3 is 19.7 Å². The summed E-state index contributed by atoms with van der Waals surface area (Å²) < 4.78 is 10.9. The quantitative estimate of drug-likeness (QED) is 0.861. The SMILES string of the molecule is O=C(CC[C@@H]1CCCO1)NCc1cccnc1N1CCOCC1. The van der Waals surface area contributed by atoms with Crippen LogP contribution in [0.5, 0.6) is 0 Å². The van der Waals surface area contributed by atoms with E-state index in [2.05, 4.69) is 15.2 Å². The molecule has 1 atom stereocenters. The first kappa shape index (κ1) is 16.2. The summed E-state index contributed by atoms with van der Waals surface area (Å²) in [6, 6.07) is 3.94. The Hall–Kier alpha value is -1.66. The number of ether oxygens (including phenoxy) is 2. The van der Waals surface area contributed by atoms with Gasteiger partial charge in [0.05, 0.1) is 19.3 Å². The molecule has 0 unspecified atom stereocenters. The lowest BCUT2D eigenvalue weighted by atomic mass is 10.1. The van der Waals surface area contributed by atoms with Crippen molar-refractivity contribution in [2.24, 2.45) is 0 Å². The van der Waals surface area contributed by atoms with E-state index in [1.54, 1.807) is 6.20 Å². The molecule has 6 nitrogen and oxygen atoms in total. The van der Waals surface area contributed by atoms with Crippen LogP contribution in [-0.4, -0.2) is 49.9 Å². The summed E-state index contributed by atoms with van der Waals surface area (Å²) >= 11 is 0. The summed E-state index contributed by atoms with van der Waals surface area (Å²) in [5.74, 6) is 1.03. The standard InChI is InChI=1S/C17H25N3O3/c21-16(6-5-15-4-2-10-23-15)19-13-14-3-1-7-18-17(14)20-8-11-22-12-9-20/h1,3,7,15H,2,4-6,8-13H2,(H,19,21)/t15-/m0/s1. The first-order valence-corrected chi connectivity index (χ1v) is 8.48. The van der Waals surface area contributed by atoms with E-state index in [0.717, 1.165) is 63.6 Å². The number of aromatic nitrogens is 1. The van der Waals surface area contributed by atoms with E-state index in [1.165, 1.54) is 0 Å². The van der Waals surface area contributed by atoms with Gasteiger partial charge in [-0.3, -0.25) is 4.79 Å². The number of hydrogen-bond donors (Lipinski definition) is 1. The van der Waals surface area contributed by atoms with Crippen LogP contribution in [0, 0.1) is 0 Å². The van der Waals surface area contributed by atoms with Crippen molar-refractivity contribution in [1.82, 2.24) is 10.3 Å². The minimum absolute atomic E-state index is 0.0808. The van der Waals surface area contributed by atoms with Crippen molar-refractivity contribution in [2.75, 3.05) is 37.8 Å². The van der Waals surface area contributed by atoms with Crippen LogP contribution in [-0.2, 0) is 20.8 Å². The molecular formula is C17H25N3O3. The lowest BCUT2D eigenvalue weighted by Gasteiger charge is -2.29. The summed E-state index contributed by atoms with van der Waals surface area (Å²) in [6.45, 7) is 4.50. The minimum atomic E-state index is 0.0808. The van der Waals surface area contributed by atoms with Crippen LogP contribution in [0.15, 0.2) is 18.3 Å². The van der Waals surface area contributed by atoms with Crippen LogP contribution in [0.1, 0.15) is 31.2 Å². The number of hydrogen-bond acceptors (Lipinski definition) is 5. The Labute approximate surface area is 137 Å². The zero-order chi connectivity index (χ0) is 15.9. The van der Waals surface area contributed by atoms with Gasteiger partial charge in [0, 0.05) is 44.4 Å². The molecule has 0 radical (unpaired) electrons. The van der Waals surface area contributed by atoms with E-state index in [1.807, 2.05) is 12.1 Å². The first-order chi connectivity index (χ1) is 11.3. The number of amides is 1. The molecule has 0 saturated carbocycles. The summed E-state index contributed by atoms with van der Waals surface area (Å²) in [6.07, 6.45) is 5.60. The zero-order valence-electron chi connectivity index (χ0n) is 13.5. The lowest BCUT2D eigenvalue weighted by molar-refractivity contribution is -0.121. The van der Waals surface area contributed by atoms with Gasteiger partial charge >= 0.3 is 0 Å². The average molecular weight is 319 g/mol. The van der Waals surface area contributed by atoms with Crippen molar-refractivity contribution < 1.29 is 14.3 Å². The Kier molecular flexibility index (Phi) is 5.82. The molecule has 2 saturated heterocycles. The van der Waals surface area contributed by atoms with E-state index >= 15 is 0 Å². The number of carbonyl (C=O) groups excluding carboxylic acids is 1. The molecule has 23 heavy (non-hydrogen) atoms. The van der Waals surface area contributed by atoms with Crippen molar-refractivity contribution in [3.63, 3.8) is 0 Å². The molecule has 1 aromatic heterocycles.